The zero-order chi connectivity index (χ0) is 28.4. The average Bonchev–Trinajstić information content (AvgIpc) is 3.00. The van der Waals surface area contributed by atoms with Gasteiger partial charge in [-0.1, -0.05) is 60.7 Å². The zero-order valence-electron chi connectivity index (χ0n) is 22.3. The number of aliphatic hydroxyl groups excluding tert-OH is 1. The second kappa shape index (κ2) is 14.1. The molecule has 0 aromatic heterocycles. The fourth-order valence-corrected chi connectivity index (χ4v) is 5.78. The molecular weight excluding hydrogens is 532 g/mol. The van der Waals surface area contributed by atoms with Gasteiger partial charge in [-0.15, -0.1) is 0 Å². The van der Waals surface area contributed by atoms with Crippen LogP contribution in [-0.4, -0.2) is 63.4 Å². The third kappa shape index (κ3) is 7.70. The van der Waals surface area contributed by atoms with E-state index in [9.17, 15) is 18.3 Å². The van der Waals surface area contributed by atoms with Gasteiger partial charge in [0.25, 0.3) is 5.91 Å². The van der Waals surface area contributed by atoms with E-state index in [1.165, 1.54) is 19.2 Å². The SMILES string of the molecule is COc1ccc(S(=O)(=O)N(CCO)CCOC2CC(c3ccccc3)C=C(C(=O)NCc3ccccc3)O2)cc1. The van der Waals surface area contributed by atoms with Gasteiger partial charge in [-0.25, -0.2) is 8.42 Å². The number of rotatable bonds is 13. The number of carbonyl (C=O) groups is 1. The molecule has 0 aliphatic carbocycles. The van der Waals surface area contributed by atoms with Crippen molar-refractivity contribution >= 4 is 15.9 Å². The van der Waals surface area contributed by atoms with Crippen molar-refractivity contribution in [1.29, 1.82) is 0 Å². The summed E-state index contributed by atoms with van der Waals surface area (Å²) in [4.78, 5) is 13.1. The highest BCUT2D eigenvalue weighted by atomic mass is 32.2. The molecule has 0 bridgehead atoms. The summed E-state index contributed by atoms with van der Waals surface area (Å²) in [5.74, 6) is 0.199. The average molecular weight is 567 g/mol. The van der Waals surface area contributed by atoms with Crippen molar-refractivity contribution in [2.45, 2.75) is 30.1 Å². The van der Waals surface area contributed by atoms with E-state index in [-0.39, 0.29) is 48.8 Å². The van der Waals surface area contributed by atoms with Crippen molar-refractivity contribution < 1.29 is 32.5 Å². The molecule has 0 fully saturated rings. The monoisotopic (exact) mass is 566 g/mol. The first kappa shape index (κ1) is 29.3. The number of nitrogens with zero attached hydrogens (tertiary/aromatic N) is 1. The Morgan fingerprint density at radius 3 is 2.33 bits per heavy atom. The first-order chi connectivity index (χ1) is 19.4. The number of amides is 1. The maximum atomic E-state index is 13.2. The summed E-state index contributed by atoms with van der Waals surface area (Å²) in [7, 11) is -2.38. The molecule has 2 atom stereocenters. The van der Waals surface area contributed by atoms with Gasteiger partial charge in [-0.2, -0.15) is 4.31 Å². The third-order valence-corrected chi connectivity index (χ3v) is 8.41. The Balaban J connectivity index is 1.43. The number of nitrogens with one attached hydrogen (secondary N) is 1. The van der Waals surface area contributed by atoms with Crippen LogP contribution in [-0.2, 0) is 30.8 Å². The molecule has 3 aromatic carbocycles. The normalized spacial score (nSPS) is 17.1. The minimum Gasteiger partial charge on any atom is -0.497 e. The lowest BCUT2D eigenvalue weighted by molar-refractivity contribution is -0.146. The number of hydrogen-bond donors (Lipinski definition) is 2. The lowest BCUT2D eigenvalue weighted by atomic mass is 9.93. The van der Waals surface area contributed by atoms with E-state index < -0.39 is 16.3 Å². The molecule has 3 aromatic rings. The van der Waals surface area contributed by atoms with Crippen molar-refractivity contribution in [3.63, 3.8) is 0 Å². The number of sulfonamides is 1. The number of ether oxygens (including phenoxy) is 3. The van der Waals surface area contributed by atoms with Crippen LogP contribution in [0.1, 0.15) is 23.5 Å². The van der Waals surface area contributed by atoms with Gasteiger partial charge < -0.3 is 24.6 Å². The van der Waals surface area contributed by atoms with Crippen LogP contribution in [0.3, 0.4) is 0 Å². The molecule has 1 aliphatic heterocycles. The van der Waals surface area contributed by atoms with Crippen LogP contribution >= 0.6 is 0 Å². The second-order valence-electron chi connectivity index (χ2n) is 9.17. The molecule has 0 saturated carbocycles. The summed E-state index contributed by atoms with van der Waals surface area (Å²) in [6.45, 7) is -0.103. The largest absolute Gasteiger partial charge is 0.497 e. The summed E-state index contributed by atoms with van der Waals surface area (Å²) in [5.41, 5.74) is 1.97. The Morgan fingerprint density at radius 2 is 1.68 bits per heavy atom. The third-order valence-electron chi connectivity index (χ3n) is 6.50. The summed E-state index contributed by atoms with van der Waals surface area (Å²) < 4.78 is 44.6. The van der Waals surface area contributed by atoms with Crippen molar-refractivity contribution in [3.8, 4) is 5.75 Å². The predicted molar refractivity (Wildman–Crippen MR) is 150 cm³/mol. The zero-order valence-corrected chi connectivity index (χ0v) is 23.1. The highest BCUT2D eigenvalue weighted by molar-refractivity contribution is 7.89. The molecule has 10 heteroatoms. The van der Waals surface area contributed by atoms with Crippen molar-refractivity contribution in [2.75, 3.05) is 33.4 Å². The maximum absolute atomic E-state index is 13.2. The Bertz CT molecular complexity index is 1360. The van der Waals surface area contributed by atoms with E-state index in [1.54, 1.807) is 18.2 Å². The van der Waals surface area contributed by atoms with Gasteiger partial charge in [0.15, 0.2) is 5.76 Å². The first-order valence-corrected chi connectivity index (χ1v) is 14.5. The number of methoxy groups -OCH3 is 1. The van der Waals surface area contributed by atoms with Crippen LogP contribution in [0.5, 0.6) is 5.75 Å². The van der Waals surface area contributed by atoms with E-state index in [0.29, 0.717) is 18.7 Å². The fraction of sp³-hybridized carbons (Fsp3) is 0.300. The molecule has 212 valence electrons. The minimum absolute atomic E-state index is 0.000472. The number of hydrogen-bond acceptors (Lipinski definition) is 7. The van der Waals surface area contributed by atoms with E-state index in [1.807, 2.05) is 60.7 Å². The molecule has 0 saturated heterocycles. The maximum Gasteiger partial charge on any atom is 0.286 e. The fourth-order valence-electron chi connectivity index (χ4n) is 4.36. The predicted octanol–water partition coefficient (Wildman–Crippen LogP) is 3.43. The van der Waals surface area contributed by atoms with Crippen LogP contribution in [0.25, 0.3) is 0 Å². The van der Waals surface area contributed by atoms with Crippen LogP contribution in [0, 0.1) is 0 Å². The Labute approximate surface area is 235 Å². The summed E-state index contributed by atoms with van der Waals surface area (Å²) >= 11 is 0. The molecule has 9 nitrogen and oxygen atoms in total. The Morgan fingerprint density at radius 1 is 1.00 bits per heavy atom. The lowest BCUT2D eigenvalue weighted by Gasteiger charge is -2.30. The smallest absolute Gasteiger partial charge is 0.286 e. The number of carbonyl (C=O) groups excluding carboxylic acids is 1. The van der Waals surface area contributed by atoms with Gasteiger partial charge in [-0.3, -0.25) is 4.79 Å². The molecule has 1 amide bonds. The first-order valence-electron chi connectivity index (χ1n) is 13.0. The van der Waals surface area contributed by atoms with Crippen molar-refractivity contribution in [2.24, 2.45) is 0 Å². The minimum atomic E-state index is -3.88. The summed E-state index contributed by atoms with van der Waals surface area (Å²) in [5, 5.41) is 12.4. The highest BCUT2D eigenvalue weighted by Crippen LogP contribution is 2.31. The number of aliphatic hydroxyl groups is 1. The number of allylic oxidation sites excluding steroid dienone is 1. The van der Waals surface area contributed by atoms with Crippen LogP contribution in [0.4, 0.5) is 0 Å². The Hall–Kier alpha value is -3.70. The van der Waals surface area contributed by atoms with E-state index >= 15 is 0 Å². The molecule has 2 unspecified atom stereocenters. The van der Waals surface area contributed by atoms with Crippen LogP contribution in [0.15, 0.2) is 102 Å². The lowest BCUT2D eigenvalue weighted by Crippen LogP contribution is -2.38. The molecule has 1 aliphatic rings. The molecular formula is C30H34N2O7S. The Kier molecular flexibility index (Phi) is 10.3. The van der Waals surface area contributed by atoms with E-state index in [0.717, 1.165) is 15.4 Å². The van der Waals surface area contributed by atoms with Gasteiger partial charge in [0.2, 0.25) is 16.3 Å². The number of benzene rings is 3. The molecule has 0 spiro atoms. The summed E-state index contributed by atoms with van der Waals surface area (Å²) in [6.07, 6.45) is 1.47. The van der Waals surface area contributed by atoms with E-state index in [2.05, 4.69) is 5.32 Å². The molecule has 1 heterocycles. The van der Waals surface area contributed by atoms with Gasteiger partial charge in [0.05, 0.1) is 25.2 Å². The van der Waals surface area contributed by atoms with Gasteiger partial charge in [-0.05, 0) is 41.5 Å². The standard InChI is InChI=1S/C30H34N2O7S/c1-37-26-12-14-27(15-13-26)40(35,36)32(16-18-33)17-19-38-29-21-25(24-10-6-3-7-11-24)20-28(39-29)30(34)31-22-23-8-4-2-5-9-23/h2-15,20,25,29,33H,16-19,21-22H2,1H3,(H,31,34). The molecule has 40 heavy (non-hydrogen) atoms. The van der Waals surface area contributed by atoms with Crippen molar-refractivity contribution in [3.05, 3.63) is 108 Å². The highest BCUT2D eigenvalue weighted by Gasteiger charge is 2.30. The second-order valence-corrected chi connectivity index (χ2v) is 11.1. The summed E-state index contributed by atoms with van der Waals surface area (Å²) in [6, 6.07) is 25.4. The van der Waals surface area contributed by atoms with Gasteiger partial charge >= 0.3 is 0 Å². The van der Waals surface area contributed by atoms with E-state index in [4.69, 9.17) is 14.2 Å². The quantitative estimate of drug-likeness (QED) is 0.326. The van der Waals surface area contributed by atoms with Crippen LogP contribution in [0.2, 0.25) is 0 Å². The van der Waals surface area contributed by atoms with Gasteiger partial charge in [0, 0.05) is 32.0 Å². The molecule has 4 rings (SSSR count). The molecule has 2 N–H and O–H groups in total. The topological polar surface area (TPSA) is 114 Å². The molecule has 0 radical (unpaired) electrons. The van der Waals surface area contributed by atoms with Crippen LogP contribution < -0.4 is 10.1 Å². The van der Waals surface area contributed by atoms with Crippen molar-refractivity contribution in [1.82, 2.24) is 9.62 Å². The van der Waals surface area contributed by atoms with Gasteiger partial charge in [0.1, 0.15) is 5.75 Å².